The first-order valence-electron chi connectivity index (χ1n) is 7.36. The second kappa shape index (κ2) is 6.87. The molecule has 0 saturated carbocycles. The van der Waals surface area contributed by atoms with Crippen molar-refractivity contribution in [3.8, 4) is 11.4 Å². The van der Waals surface area contributed by atoms with E-state index in [4.69, 9.17) is 4.74 Å². The number of hydrogen-bond donors (Lipinski definition) is 0. The summed E-state index contributed by atoms with van der Waals surface area (Å²) < 4.78 is 7.16. The highest BCUT2D eigenvalue weighted by Gasteiger charge is 2.18. The van der Waals surface area contributed by atoms with Gasteiger partial charge in [0, 0.05) is 31.2 Å². The van der Waals surface area contributed by atoms with Gasteiger partial charge in [-0.25, -0.2) is 4.98 Å². The Labute approximate surface area is 134 Å². The fourth-order valence-electron chi connectivity index (χ4n) is 2.52. The second-order valence-corrected chi connectivity index (χ2v) is 6.10. The topological polar surface area (TPSA) is 47.4 Å². The van der Waals surface area contributed by atoms with E-state index in [9.17, 15) is 4.79 Å². The molecule has 0 spiro atoms. The van der Waals surface area contributed by atoms with Crippen LogP contribution in [0, 0.1) is 0 Å². The number of ether oxygens (including phenoxy) is 1. The van der Waals surface area contributed by atoms with Crippen LogP contribution >= 0.6 is 11.8 Å². The molecule has 22 heavy (non-hydrogen) atoms. The van der Waals surface area contributed by atoms with Crippen molar-refractivity contribution in [1.29, 1.82) is 0 Å². The second-order valence-electron chi connectivity index (χ2n) is 5.15. The molecular formula is C16H19N3O2S. The zero-order chi connectivity index (χ0) is 15.4. The predicted octanol–water partition coefficient (Wildman–Crippen LogP) is 2.60. The van der Waals surface area contributed by atoms with Crippen molar-refractivity contribution in [2.45, 2.75) is 18.0 Å². The van der Waals surface area contributed by atoms with Gasteiger partial charge in [0.05, 0.1) is 12.9 Å². The standard InChI is InChI=1S/C16H19N3O2S/c1-21-14-6-4-13(5-7-14)19-11-8-17-16(19)22-12-15(20)18-9-2-3-10-18/h4-8,11H,2-3,9-10,12H2,1H3. The van der Waals surface area contributed by atoms with Crippen LogP contribution in [-0.2, 0) is 4.79 Å². The Morgan fingerprint density at radius 2 is 2.00 bits per heavy atom. The van der Waals surface area contributed by atoms with Crippen molar-refractivity contribution in [2.24, 2.45) is 0 Å². The fourth-order valence-corrected chi connectivity index (χ4v) is 3.40. The molecule has 0 atom stereocenters. The van der Waals surface area contributed by atoms with E-state index in [1.165, 1.54) is 11.8 Å². The van der Waals surface area contributed by atoms with E-state index in [1.807, 2.05) is 39.9 Å². The van der Waals surface area contributed by atoms with Crippen LogP contribution in [0.4, 0.5) is 0 Å². The maximum atomic E-state index is 12.1. The van der Waals surface area contributed by atoms with Crippen LogP contribution in [0.1, 0.15) is 12.8 Å². The van der Waals surface area contributed by atoms with E-state index in [1.54, 1.807) is 13.3 Å². The molecule has 1 aromatic carbocycles. The maximum absolute atomic E-state index is 12.1. The summed E-state index contributed by atoms with van der Waals surface area (Å²) >= 11 is 1.48. The molecule has 0 N–H and O–H groups in total. The van der Waals surface area contributed by atoms with Gasteiger partial charge in [-0.05, 0) is 37.1 Å². The largest absolute Gasteiger partial charge is 0.497 e. The van der Waals surface area contributed by atoms with Gasteiger partial charge in [0.15, 0.2) is 5.16 Å². The molecule has 1 aromatic heterocycles. The number of carbonyl (C=O) groups is 1. The van der Waals surface area contributed by atoms with Crippen LogP contribution in [0.5, 0.6) is 5.75 Å². The minimum atomic E-state index is 0.201. The number of imidazole rings is 1. The molecule has 3 rings (SSSR count). The number of aromatic nitrogens is 2. The minimum absolute atomic E-state index is 0.201. The third-order valence-electron chi connectivity index (χ3n) is 3.74. The van der Waals surface area contributed by atoms with Crippen LogP contribution in [0.2, 0.25) is 0 Å². The zero-order valence-corrected chi connectivity index (χ0v) is 13.4. The molecule has 0 radical (unpaired) electrons. The predicted molar refractivity (Wildman–Crippen MR) is 86.7 cm³/mol. The molecule has 1 aliphatic rings. The maximum Gasteiger partial charge on any atom is 0.233 e. The molecule has 116 valence electrons. The Balaban J connectivity index is 1.67. The van der Waals surface area contributed by atoms with Crippen LogP contribution in [0.25, 0.3) is 5.69 Å². The number of hydrogen-bond acceptors (Lipinski definition) is 4. The third-order valence-corrected chi connectivity index (χ3v) is 4.69. The van der Waals surface area contributed by atoms with Gasteiger partial charge >= 0.3 is 0 Å². The number of nitrogens with zero attached hydrogens (tertiary/aromatic N) is 3. The highest BCUT2D eigenvalue weighted by atomic mass is 32.2. The molecule has 1 amide bonds. The van der Waals surface area contributed by atoms with E-state index in [0.717, 1.165) is 42.5 Å². The number of benzene rings is 1. The fraction of sp³-hybridized carbons (Fsp3) is 0.375. The summed E-state index contributed by atoms with van der Waals surface area (Å²) in [5.41, 5.74) is 1.01. The van der Waals surface area contributed by atoms with Gasteiger partial charge in [-0.1, -0.05) is 11.8 Å². The monoisotopic (exact) mass is 317 g/mol. The number of rotatable bonds is 5. The number of likely N-dealkylation sites (tertiary alicyclic amines) is 1. The Kier molecular flexibility index (Phi) is 4.68. The summed E-state index contributed by atoms with van der Waals surface area (Å²) in [5, 5.41) is 0.831. The molecule has 0 aliphatic carbocycles. The van der Waals surface area contributed by atoms with Gasteiger partial charge in [-0.15, -0.1) is 0 Å². The first-order chi connectivity index (χ1) is 10.8. The molecule has 0 bridgehead atoms. The molecule has 2 aromatic rings. The van der Waals surface area contributed by atoms with E-state index in [2.05, 4.69) is 4.98 Å². The first kappa shape index (κ1) is 15.0. The number of methoxy groups -OCH3 is 1. The highest BCUT2D eigenvalue weighted by Crippen LogP contribution is 2.23. The lowest BCUT2D eigenvalue weighted by molar-refractivity contribution is -0.127. The van der Waals surface area contributed by atoms with Crippen molar-refractivity contribution >= 4 is 17.7 Å². The van der Waals surface area contributed by atoms with E-state index >= 15 is 0 Å². The van der Waals surface area contributed by atoms with Gasteiger partial charge in [0.2, 0.25) is 5.91 Å². The molecule has 2 heterocycles. The minimum Gasteiger partial charge on any atom is -0.497 e. The van der Waals surface area contributed by atoms with Crippen molar-refractivity contribution in [2.75, 3.05) is 26.0 Å². The smallest absolute Gasteiger partial charge is 0.233 e. The molecule has 1 saturated heterocycles. The van der Waals surface area contributed by atoms with Crippen molar-refractivity contribution in [1.82, 2.24) is 14.5 Å². The molecule has 0 unspecified atom stereocenters. The Hall–Kier alpha value is -1.95. The van der Waals surface area contributed by atoms with Gasteiger partial charge in [0.1, 0.15) is 5.75 Å². The van der Waals surface area contributed by atoms with E-state index in [0.29, 0.717) is 5.75 Å². The summed E-state index contributed by atoms with van der Waals surface area (Å²) in [6.07, 6.45) is 5.91. The Morgan fingerprint density at radius 1 is 1.27 bits per heavy atom. The SMILES string of the molecule is COc1ccc(-n2ccnc2SCC(=O)N2CCCC2)cc1. The summed E-state index contributed by atoms with van der Waals surface area (Å²) in [6.45, 7) is 1.79. The van der Waals surface area contributed by atoms with Crippen LogP contribution in [-0.4, -0.2) is 46.3 Å². The average Bonchev–Trinajstić information content (AvgIpc) is 3.24. The molecule has 5 nitrogen and oxygen atoms in total. The lowest BCUT2D eigenvalue weighted by atomic mass is 10.3. The summed E-state index contributed by atoms with van der Waals surface area (Å²) in [6, 6.07) is 7.79. The molecule has 1 aliphatic heterocycles. The lowest BCUT2D eigenvalue weighted by Crippen LogP contribution is -2.29. The summed E-state index contributed by atoms with van der Waals surface area (Å²) in [5.74, 6) is 1.46. The van der Waals surface area contributed by atoms with Gasteiger partial charge < -0.3 is 9.64 Å². The number of carbonyl (C=O) groups excluding carboxylic acids is 1. The highest BCUT2D eigenvalue weighted by molar-refractivity contribution is 7.99. The quantitative estimate of drug-likeness (QED) is 0.795. The molecule has 6 heteroatoms. The molecule has 1 fully saturated rings. The van der Waals surface area contributed by atoms with Crippen molar-refractivity contribution < 1.29 is 9.53 Å². The lowest BCUT2D eigenvalue weighted by Gasteiger charge is -2.14. The zero-order valence-electron chi connectivity index (χ0n) is 12.6. The van der Waals surface area contributed by atoms with Crippen LogP contribution in [0.3, 0.4) is 0 Å². The van der Waals surface area contributed by atoms with Gasteiger partial charge in [0.25, 0.3) is 0 Å². The first-order valence-corrected chi connectivity index (χ1v) is 8.35. The van der Waals surface area contributed by atoms with Crippen LogP contribution in [0.15, 0.2) is 41.8 Å². The Morgan fingerprint density at radius 3 is 2.68 bits per heavy atom. The average molecular weight is 317 g/mol. The third kappa shape index (κ3) is 3.27. The van der Waals surface area contributed by atoms with Crippen molar-refractivity contribution in [3.05, 3.63) is 36.7 Å². The normalized spacial score (nSPS) is 14.3. The van der Waals surface area contributed by atoms with E-state index in [-0.39, 0.29) is 5.91 Å². The van der Waals surface area contributed by atoms with Gasteiger partial charge in [-0.2, -0.15) is 0 Å². The summed E-state index contributed by atoms with van der Waals surface area (Å²) in [4.78, 5) is 18.4. The number of thioether (sulfide) groups is 1. The number of amides is 1. The Bertz CT molecular complexity index is 633. The van der Waals surface area contributed by atoms with Gasteiger partial charge in [-0.3, -0.25) is 9.36 Å². The summed E-state index contributed by atoms with van der Waals surface area (Å²) in [7, 11) is 1.65. The molecular weight excluding hydrogens is 298 g/mol. The van der Waals surface area contributed by atoms with Crippen molar-refractivity contribution in [3.63, 3.8) is 0 Å². The van der Waals surface area contributed by atoms with E-state index < -0.39 is 0 Å². The van der Waals surface area contributed by atoms with Crippen LogP contribution < -0.4 is 4.74 Å².